The maximum atomic E-state index is 4.55. The lowest BCUT2D eigenvalue weighted by molar-refractivity contribution is 0.155. The number of nitrogens with zero attached hydrogens (tertiary/aromatic N) is 3. The Hall–Kier alpha value is -1.03. The lowest BCUT2D eigenvalue weighted by Crippen LogP contribution is -2.64. The zero-order valence-electron chi connectivity index (χ0n) is 9.88. The van der Waals surface area contributed by atoms with E-state index in [1.54, 1.807) is 0 Å². The molecule has 2 aliphatic heterocycles. The van der Waals surface area contributed by atoms with Gasteiger partial charge in [-0.15, -0.1) is 0 Å². The van der Waals surface area contributed by atoms with Crippen molar-refractivity contribution in [2.75, 3.05) is 26.2 Å². The van der Waals surface area contributed by atoms with Crippen molar-refractivity contribution < 1.29 is 0 Å². The fourth-order valence-corrected chi connectivity index (χ4v) is 2.28. The molecule has 0 aromatic rings. The molecule has 0 atom stereocenters. The SMILES string of the molecule is C=C(C)N1N=C(N2CCNCC2)C1(C)C. The van der Waals surface area contributed by atoms with E-state index in [-0.39, 0.29) is 5.54 Å². The molecule has 1 saturated heterocycles. The van der Waals surface area contributed by atoms with Crippen LogP contribution in [0.15, 0.2) is 17.4 Å². The number of rotatable bonds is 1. The highest BCUT2D eigenvalue weighted by molar-refractivity contribution is 5.94. The number of hydrogen-bond acceptors (Lipinski definition) is 4. The van der Waals surface area contributed by atoms with Crippen molar-refractivity contribution in [3.8, 4) is 0 Å². The van der Waals surface area contributed by atoms with E-state index in [0.29, 0.717) is 0 Å². The van der Waals surface area contributed by atoms with Crippen LogP contribution in [0.3, 0.4) is 0 Å². The van der Waals surface area contributed by atoms with Crippen LogP contribution in [-0.4, -0.2) is 47.5 Å². The van der Waals surface area contributed by atoms with Crippen LogP contribution in [0.2, 0.25) is 0 Å². The molecular formula is C11H20N4. The molecule has 0 amide bonds. The number of hydrogen-bond donors (Lipinski definition) is 1. The number of hydrazone groups is 1. The average Bonchev–Trinajstić information content (AvgIpc) is 2.17. The van der Waals surface area contributed by atoms with E-state index >= 15 is 0 Å². The predicted octanol–water partition coefficient (Wildman–Crippen LogP) is 0.833. The first-order valence-corrected chi connectivity index (χ1v) is 5.54. The van der Waals surface area contributed by atoms with Crippen LogP contribution in [0.1, 0.15) is 20.8 Å². The molecular weight excluding hydrogens is 188 g/mol. The molecule has 1 N–H and O–H groups in total. The second-order valence-corrected chi connectivity index (χ2v) is 4.77. The molecule has 4 nitrogen and oxygen atoms in total. The maximum absolute atomic E-state index is 4.55. The molecule has 84 valence electrons. The summed E-state index contributed by atoms with van der Waals surface area (Å²) >= 11 is 0. The van der Waals surface area contributed by atoms with Gasteiger partial charge in [0.2, 0.25) is 0 Å². The second-order valence-electron chi connectivity index (χ2n) is 4.77. The van der Waals surface area contributed by atoms with E-state index < -0.39 is 0 Å². The number of piperazine rings is 1. The van der Waals surface area contributed by atoms with E-state index in [4.69, 9.17) is 0 Å². The van der Waals surface area contributed by atoms with Crippen LogP contribution >= 0.6 is 0 Å². The van der Waals surface area contributed by atoms with Crippen molar-refractivity contribution in [1.29, 1.82) is 0 Å². The van der Waals surface area contributed by atoms with Crippen molar-refractivity contribution in [3.05, 3.63) is 12.3 Å². The molecule has 0 bridgehead atoms. The van der Waals surface area contributed by atoms with Gasteiger partial charge in [-0.1, -0.05) is 6.58 Å². The summed E-state index contributed by atoms with van der Waals surface area (Å²) in [4.78, 5) is 2.37. The molecule has 0 aromatic carbocycles. The quantitative estimate of drug-likeness (QED) is 0.692. The Morgan fingerprint density at radius 1 is 1.40 bits per heavy atom. The third-order valence-corrected chi connectivity index (χ3v) is 3.05. The monoisotopic (exact) mass is 208 g/mol. The van der Waals surface area contributed by atoms with Crippen LogP contribution in [0.25, 0.3) is 0 Å². The van der Waals surface area contributed by atoms with Gasteiger partial charge in [0.1, 0.15) is 5.54 Å². The van der Waals surface area contributed by atoms with Crippen LogP contribution in [-0.2, 0) is 0 Å². The Morgan fingerprint density at radius 3 is 2.47 bits per heavy atom. The van der Waals surface area contributed by atoms with Crippen LogP contribution in [0.5, 0.6) is 0 Å². The molecule has 4 heteroatoms. The number of allylic oxidation sites excluding steroid dienone is 1. The van der Waals surface area contributed by atoms with Crippen LogP contribution in [0, 0.1) is 0 Å². The van der Waals surface area contributed by atoms with Gasteiger partial charge < -0.3 is 10.2 Å². The van der Waals surface area contributed by atoms with Gasteiger partial charge in [-0.2, -0.15) is 5.10 Å². The van der Waals surface area contributed by atoms with Crippen molar-refractivity contribution in [2.45, 2.75) is 26.3 Å². The summed E-state index contributed by atoms with van der Waals surface area (Å²) in [6.45, 7) is 14.6. The molecule has 0 spiro atoms. The summed E-state index contributed by atoms with van der Waals surface area (Å²) < 4.78 is 0. The molecule has 2 heterocycles. The standard InChI is InChI=1S/C11H20N4/c1-9(2)15-11(3,4)10(13-15)14-7-5-12-6-8-14/h12H,1,5-8H2,2-4H3. The number of amidine groups is 1. The molecule has 15 heavy (non-hydrogen) atoms. The topological polar surface area (TPSA) is 30.9 Å². The normalized spacial score (nSPS) is 24.6. The van der Waals surface area contributed by atoms with E-state index in [0.717, 1.165) is 31.9 Å². The Morgan fingerprint density at radius 2 is 2.00 bits per heavy atom. The number of nitrogens with one attached hydrogen (secondary N) is 1. The summed E-state index contributed by atoms with van der Waals surface area (Å²) in [5, 5.41) is 9.90. The first-order chi connectivity index (χ1) is 7.03. The van der Waals surface area contributed by atoms with E-state index in [1.165, 1.54) is 5.84 Å². The Bertz CT molecular complexity index is 300. The van der Waals surface area contributed by atoms with Crippen LogP contribution in [0.4, 0.5) is 0 Å². The third-order valence-electron chi connectivity index (χ3n) is 3.05. The smallest absolute Gasteiger partial charge is 0.153 e. The summed E-state index contributed by atoms with van der Waals surface area (Å²) in [6.07, 6.45) is 0. The highest BCUT2D eigenvalue weighted by Crippen LogP contribution is 2.32. The Labute approximate surface area is 91.6 Å². The Balaban J connectivity index is 2.11. The van der Waals surface area contributed by atoms with Gasteiger partial charge in [-0.3, -0.25) is 5.01 Å². The average molecular weight is 208 g/mol. The van der Waals surface area contributed by atoms with Gasteiger partial charge in [0.25, 0.3) is 0 Å². The highest BCUT2D eigenvalue weighted by atomic mass is 15.6. The minimum absolute atomic E-state index is 0.0170. The van der Waals surface area contributed by atoms with E-state index in [2.05, 4.69) is 35.7 Å². The van der Waals surface area contributed by atoms with E-state index in [1.807, 2.05) is 11.9 Å². The predicted molar refractivity (Wildman–Crippen MR) is 62.6 cm³/mol. The minimum Gasteiger partial charge on any atom is -0.354 e. The zero-order chi connectivity index (χ0) is 11.1. The van der Waals surface area contributed by atoms with Crippen molar-refractivity contribution >= 4 is 5.84 Å². The zero-order valence-corrected chi connectivity index (χ0v) is 9.88. The Kier molecular flexibility index (Phi) is 2.46. The summed E-state index contributed by atoms with van der Waals surface area (Å²) in [5.41, 5.74) is 1.03. The molecule has 2 rings (SSSR count). The van der Waals surface area contributed by atoms with Crippen molar-refractivity contribution in [3.63, 3.8) is 0 Å². The molecule has 0 unspecified atom stereocenters. The highest BCUT2D eigenvalue weighted by Gasteiger charge is 2.44. The van der Waals surface area contributed by atoms with Crippen molar-refractivity contribution in [1.82, 2.24) is 15.2 Å². The fraction of sp³-hybridized carbons (Fsp3) is 0.727. The molecule has 1 fully saturated rings. The van der Waals surface area contributed by atoms with E-state index in [9.17, 15) is 0 Å². The molecule has 2 aliphatic rings. The molecule has 0 aromatic heterocycles. The first kappa shape index (κ1) is 10.5. The lowest BCUT2D eigenvalue weighted by atomic mass is 9.97. The van der Waals surface area contributed by atoms with Gasteiger partial charge in [0, 0.05) is 31.9 Å². The van der Waals surface area contributed by atoms with Gasteiger partial charge >= 0.3 is 0 Å². The largest absolute Gasteiger partial charge is 0.354 e. The summed E-state index contributed by atoms with van der Waals surface area (Å²) in [6, 6.07) is 0. The van der Waals surface area contributed by atoms with Gasteiger partial charge in [-0.05, 0) is 20.8 Å². The second kappa shape index (κ2) is 3.52. The molecule has 0 saturated carbocycles. The molecule has 0 aliphatic carbocycles. The maximum Gasteiger partial charge on any atom is 0.153 e. The first-order valence-electron chi connectivity index (χ1n) is 5.54. The molecule has 0 radical (unpaired) electrons. The summed E-state index contributed by atoms with van der Waals surface area (Å²) in [5.74, 6) is 1.20. The van der Waals surface area contributed by atoms with Crippen molar-refractivity contribution in [2.24, 2.45) is 5.10 Å². The van der Waals surface area contributed by atoms with Gasteiger partial charge in [-0.25, -0.2) is 0 Å². The van der Waals surface area contributed by atoms with Gasteiger partial charge in [0.15, 0.2) is 5.84 Å². The summed E-state index contributed by atoms with van der Waals surface area (Å²) in [7, 11) is 0. The van der Waals surface area contributed by atoms with Gasteiger partial charge in [0.05, 0.1) is 0 Å². The third kappa shape index (κ3) is 1.63. The van der Waals surface area contributed by atoms with Crippen LogP contribution < -0.4 is 5.32 Å². The lowest BCUT2D eigenvalue weighted by Gasteiger charge is -2.50. The minimum atomic E-state index is 0.0170. The fourth-order valence-electron chi connectivity index (χ4n) is 2.28.